The maximum absolute atomic E-state index is 15.6. The summed E-state index contributed by atoms with van der Waals surface area (Å²) in [4.78, 5) is 87.4. The number of anilines is 1. The Hall–Kier alpha value is -5.94. The van der Waals surface area contributed by atoms with Gasteiger partial charge in [0.1, 0.15) is 11.1 Å². The van der Waals surface area contributed by atoms with E-state index in [0.717, 1.165) is 23.3 Å². The normalized spacial score (nSPS) is 27.9. The molecule has 2 fully saturated rings. The van der Waals surface area contributed by atoms with E-state index in [1.54, 1.807) is 90.9 Å². The van der Waals surface area contributed by atoms with Crippen LogP contribution in [0.1, 0.15) is 75.6 Å². The fourth-order valence-corrected chi connectivity index (χ4v) is 11.5. The number of carboxylic acid groups (broad SMARTS) is 2. The molecule has 2 aliphatic heterocycles. The molecule has 15 nitrogen and oxygen atoms in total. The number of carbonyl (C=O) groups is 6. The third kappa shape index (κ3) is 6.59. The third-order valence-corrected chi connectivity index (χ3v) is 14.2. The lowest BCUT2D eigenvalue weighted by Crippen LogP contribution is -2.73. The summed E-state index contributed by atoms with van der Waals surface area (Å²) in [6.45, 7) is 7.04. The monoisotopic (exact) mass is 843 g/mol. The first-order valence-corrected chi connectivity index (χ1v) is 20.3. The molecule has 2 heterocycles. The predicted molar refractivity (Wildman–Crippen MR) is 217 cm³/mol. The van der Waals surface area contributed by atoms with E-state index < -0.39 is 93.5 Å². The fraction of sp³-hybridized carbons (Fsp3) is 0.455. The van der Waals surface area contributed by atoms with Gasteiger partial charge in [0.25, 0.3) is 11.8 Å². The Morgan fingerprint density at radius 1 is 0.639 bits per heavy atom. The molecule has 8 N–H and O–H groups in total. The summed E-state index contributed by atoms with van der Waals surface area (Å²) < 4.78 is 30.5. The minimum Gasteiger partial charge on any atom is -0.465 e. The van der Waals surface area contributed by atoms with E-state index >= 15 is 14.0 Å². The molecular weight excluding hydrogens is 793 g/mol. The van der Waals surface area contributed by atoms with Gasteiger partial charge in [0.15, 0.2) is 11.6 Å². The van der Waals surface area contributed by atoms with E-state index in [1.165, 1.54) is 6.07 Å². The second kappa shape index (κ2) is 15.5. The molecule has 9 rings (SSSR count). The summed E-state index contributed by atoms with van der Waals surface area (Å²) in [7, 11) is 0. The summed E-state index contributed by atoms with van der Waals surface area (Å²) in [6, 6.07) is 17.2. The second-order valence-electron chi connectivity index (χ2n) is 17.7. The second-order valence-corrected chi connectivity index (χ2v) is 17.7. The van der Waals surface area contributed by atoms with Gasteiger partial charge < -0.3 is 26.6 Å². The van der Waals surface area contributed by atoms with Gasteiger partial charge in [-0.05, 0) is 72.9 Å². The zero-order chi connectivity index (χ0) is 44.4. The summed E-state index contributed by atoms with van der Waals surface area (Å²) in [5, 5.41) is 24.4. The zero-order valence-electron chi connectivity index (χ0n) is 34.4. The van der Waals surface area contributed by atoms with Crippen molar-refractivity contribution in [3.63, 3.8) is 0 Å². The molecule has 324 valence electrons. The highest BCUT2D eigenvalue weighted by atomic mass is 19.2. The number of nitrogens with one attached hydrogen (secondary N) is 2. The first kappa shape index (κ1) is 43.2. The lowest BCUT2D eigenvalue weighted by atomic mass is 9.57. The summed E-state index contributed by atoms with van der Waals surface area (Å²) in [5.74, 6) is -7.73. The van der Waals surface area contributed by atoms with E-state index in [0.29, 0.717) is 24.0 Å². The van der Waals surface area contributed by atoms with E-state index in [1.807, 2.05) is 0 Å². The topological polar surface area (TPSA) is 229 Å². The molecule has 6 amide bonds. The van der Waals surface area contributed by atoms with Gasteiger partial charge in [-0.3, -0.25) is 39.6 Å². The Kier molecular flexibility index (Phi) is 11.0. The van der Waals surface area contributed by atoms with Crippen molar-refractivity contribution >= 4 is 41.5 Å². The van der Waals surface area contributed by atoms with Crippen LogP contribution in [0, 0.1) is 34.3 Å². The Morgan fingerprint density at radius 3 is 1.38 bits per heavy atom. The van der Waals surface area contributed by atoms with Crippen molar-refractivity contribution in [3.05, 3.63) is 101 Å². The Bertz CT molecular complexity index is 2160. The van der Waals surface area contributed by atoms with Crippen LogP contribution < -0.4 is 27.0 Å². The smallest absolute Gasteiger partial charge is 0.411 e. The van der Waals surface area contributed by atoms with Gasteiger partial charge in [-0.25, -0.2) is 18.4 Å². The lowest BCUT2D eigenvalue weighted by molar-refractivity contribution is -0.156. The van der Waals surface area contributed by atoms with Gasteiger partial charge >= 0.3 is 12.2 Å². The number of hydrogen-bond donors (Lipinski definition) is 6. The summed E-state index contributed by atoms with van der Waals surface area (Å²) >= 11 is 0. The predicted octanol–water partition coefficient (Wildman–Crippen LogP) is 4.36. The first-order valence-electron chi connectivity index (χ1n) is 20.3. The van der Waals surface area contributed by atoms with Crippen LogP contribution >= 0.6 is 0 Å². The molecule has 6 aliphatic rings. The van der Waals surface area contributed by atoms with Crippen molar-refractivity contribution in [1.82, 2.24) is 20.4 Å². The number of fused-ring (bicyclic) bond motifs is 10. The SMILES string of the molecule is CC1(C)C(C(N)=O)Cc2ccc(cc2)[C@@]1(C(=O)NC(=O)O)N1CCCC1N(c1ccc(F)c(F)c1)C1CCCN1[C@]1(C(=O)NC(=O)O)c2ccc(cc2)CC(C(N)=O)C1(C)C. The molecule has 4 bridgehead atoms. The molecule has 17 heteroatoms. The highest BCUT2D eigenvalue weighted by Crippen LogP contribution is 2.57. The highest BCUT2D eigenvalue weighted by molar-refractivity contribution is 6.00. The number of primary amides is 2. The minimum absolute atomic E-state index is 0.128. The standard InChI is InChI=1S/C44H51F2N7O8/c1-41(2)29(35(47)54)21-24-9-13-26(14-10-24)43(41,37(56)49-39(58)59)51-19-5-7-33(51)53(28-17-18-31(45)32(46)23-28)34-8-6-20-52(34)44(38(57)50-40(60)61)27-15-11-25(12-16-27)22-30(36(48)55)42(44,3)4/h9-18,23,29-30,33-34H,5-8,19-22H2,1-4H3,(H2,47,54)(H2,48,55)(H,49,56)(H,50,57)(H,58,59)(H,60,61)/t29?,30?,33?,34?,43-,44-/m0/s1. The van der Waals surface area contributed by atoms with Crippen molar-refractivity contribution in [2.24, 2.45) is 34.1 Å². The molecule has 4 aliphatic carbocycles. The van der Waals surface area contributed by atoms with E-state index in [-0.39, 0.29) is 44.5 Å². The average Bonchev–Trinajstić information content (AvgIpc) is 3.85. The van der Waals surface area contributed by atoms with Gasteiger partial charge in [0.05, 0.1) is 12.3 Å². The van der Waals surface area contributed by atoms with Crippen LogP contribution in [0.25, 0.3) is 0 Å². The van der Waals surface area contributed by atoms with Crippen LogP contribution in [0.15, 0.2) is 66.7 Å². The molecule has 3 aromatic rings. The van der Waals surface area contributed by atoms with Gasteiger partial charge in [-0.1, -0.05) is 76.2 Å². The van der Waals surface area contributed by atoms with Gasteiger partial charge in [0.2, 0.25) is 11.8 Å². The number of imide groups is 2. The van der Waals surface area contributed by atoms with Crippen molar-refractivity contribution in [2.45, 2.75) is 89.6 Å². The Labute approximate surface area is 351 Å². The maximum atomic E-state index is 15.6. The molecule has 2 saturated heterocycles. The highest BCUT2D eigenvalue weighted by Gasteiger charge is 2.67. The van der Waals surface area contributed by atoms with Crippen LogP contribution in [-0.4, -0.2) is 81.2 Å². The van der Waals surface area contributed by atoms with Crippen molar-refractivity contribution in [2.75, 3.05) is 18.0 Å². The summed E-state index contributed by atoms with van der Waals surface area (Å²) in [6.07, 6.45) is -3.64. The van der Waals surface area contributed by atoms with Crippen molar-refractivity contribution in [1.29, 1.82) is 0 Å². The molecule has 0 aromatic heterocycles. The van der Waals surface area contributed by atoms with Crippen LogP contribution in [-0.2, 0) is 43.1 Å². The van der Waals surface area contributed by atoms with Gasteiger partial charge in [-0.15, -0.1) is 0 Å². The number of amides is 6. The van der Waals surface area contributed by atoms with Crippen LogP contribution in [0.2, 0.25) is 0 Å². The number of halogens is 2. The minimum atomic E-state index is -1.96. The van der Waals surface area contributed by atoms with Crippen LogP contribution in [0.3, 0.4) is 0 Å². The molecule has 4 unspecified atom stereocenters. The molecule has 0 spiro atoms. The van der Waals surface area contributed by atoms with Gasteiger partial charge in [-0.2, -0.15) is 0 Å². The van der Waals surface area contributed by atoms with Crippen molar-refractivity contribution < 1.29 is 47.8 Å². The average molecular weight is 844 g/mol. The molecule has 61 heavy (non-hydrogen) atoms. The molecule has 0 radical (unpaired) electrons. The molecule has 0 saturated carbocycles. The number of likely N-dealkylation sites (tertiary alicyclic amines) is 2. The van der Waals surface area contributed by atoms with E-state index in [4.69, 9.17) is 11.5 Å². The van der Waals surface area contributed by atoms with Crippen LogP contribution in [0.4, 0.5) is 24.1 Å². The number of rotatable bonds is 9. The number of nitrogens with two attached hydrogens (primary N) is 2. The van der Waals surface area contributed by atoms with E-state index in [9.17, 15) is 33.8 Å². The number of carbonyl (C=O) groups excluding carboxylic acids is 4. The molecular formula is C44H51F2N7O8. The van der Waals surface area contributed by atoms with Gasteiger partial charge in [0, 0.05) is 47.5 Å². The van der Waals surface area contributed by atoms with E-state index in [2.05, 4.69) is 10.6 Å². The van der Waals surface area contributed by atoms with Crippen LogP contribution in [0.5, 0.6) is 0 Å². The zero-order valence-corrected chi connectivity index (χ0v) is 34.4. The third-order valence-electron chi connectivity index (χ3n) is 14.2. The summed E-state index contributed by atoms with van der Waals surface area (Å²) in [5.41, 5.74) is 7.83. The first-order chi connectivity index (χ1) is 28.7. The quantitative estimate of drug-likeness (QED) is 0.177. The largest absolute Gasteiger partial charge is 0.465 e. The van der Waals surface area contributed by atoms with Crippen molar-refractivity contribution in [3.8, 4) is 0 Å². The lowest BCUT2D eigenvalue weighted by Gasteiger charge is -2.60. The number of nitrogens with zero attached hydrogens (tertiary/aromatic N) is 3. The molecule has 3 aromatic carbocycles. The number of benzene rings is 3. The number of hydrogen-bond acceptors (Lipinski definition) is 9. The maximum Gasteiger partial charge on any atom is 0.411 e. The Balaban J connectivity index is 1.52. The molecule has 6 atom stereocenters. The Morgan fingerprint density at radius 2 is 1.03 bits per heavy atom. The fourth-order valence-electron chi connectivity index (χ4n) is 11.5.